The maximum absolute atomic E-state index is 10.1. The van der Waals surface area contributed by atoms with Crippen LogP contribution in [-0.4, -0.2) is 60.5 Å². The highest BCUT2D eigenvalue weighted by Gasteiger charge is 2.21. The lowest BCUT2D eigenvalue weighted by molar-refractivity contribution is -0.177. The first-order valence-electron chi connectivity index (χ1n) is 5.33. The summed E-state index contributed by atoms with van der Waals surface area (Å²) in [5.74, 6) is -5.43. The van der Waals surface area contributed by atoms with Crippen LogP contribution in [0.15, 0.2) is 0 Å². The van der Waals surface area contributed by atoms with Gasteiger partial charge in [-0.25, -0.2) is 19.2 Å². The van der Waals surface area contributed by atoms with E-state index in [1.165, 1.54) is 12.8 Å². The zero-order chi connectivity index (χ0) is 14.7. The summed E-state index contributed by atoms with van der Waals surface area (Å²) >= 11 is 0. The highest BCUT2D eigenvalue weighted by Crippen LogP contribution is 1.98. The third-order valence-corrected chi connectivity index (χ3v) is 1.73. The second kappa shape index (κ2) is 9.83. The van der Waals surface area contributed by atoms with Crippen molar-refractivity contribution in [1.29, 1.82) is 0 Å². The van der Waals surface area contributed by atoms with E-state index in [-0.39, 0.29) is 13.2 Å². The Hall–Kier alpha value is -2.16. The van der Waals surface area contributed by atoms with Crippen LogP contribution in [0.2, 0.25) is 0 Å². The van der Waals surface area contributed by atoms with Gasteiger partial charge in [-0.15, -0.1) is 0 Å². The van der Waals surface area contributed by atoms with Crippen LogP contribution in [0.1, 0.15) is 12.8 Å². The van der Waals surface area contributed by atoms with Crippen LogP contribution >= 0.6 is 0 Å². The molecular formula is C10H14O9. The number of ether oxygens (including phenoxy) is 3. The number of hydrogen-bond acceptors (Lipinski definition) is 7. The number of carboxylic acid groups (broad SMARTS) is 2. The van der Waals surface area contributed by atoms with Crippen LogP contribution in [0.5, 0.6) is 0 Å². The molecule has 0 aromatic rings. The molecule has 0 amide bonds. The van der Waals surface area contributed by atoms with Gasteiger partial charge in [0.25, 0.3) is 0 Å². The molecule has 0 saturated carbocycles. The van der Waals surface area contributed by atoms with Gasteiger partial charge < -0.3 is 24.4 Å². The van der Waals surface area contributed by atoms with Crippen molar-refractivity contribution < 1.29 is 43.6 Å². The Balaban J connectivity index is 0.000000264. The van der Waals surface area contributed by atoms with Crippen LogP contribution in [0.25, 0.3) is 0 Å². The van der Waals surface area contributed by atoms with Crippen molar-refractivity contribution in [3.63, 3.8) is 0 Å². The minimum Gasteiger partial charge on any atom is -0.473 e. The van der Waals surface area contributed by atoms with Crippen molar-refractivity contribution in [2.24, 2.45) is 0 Å². The smallest absolute Gasteiger partial charge is 0.417 e. The first-order chi connectivity index (χ1) is 8.95. The standard InChI is InChI=1S/C4H4O4.C4H8O.C2H2O4/c5-3-4(6)8-2-1-7-3;1-2-4-5-3-1;3-1(4)2(5)6/h1-2H2;1-4H2;(H,3,4)(H,5,6). The molecule has 0 aromatic carbocycles. The summed E-state index contributed by atoms with van der Waals surface area (Å²) in [5, 5.41) is 14.8. The molecule has 2 N–H and O–H groups in total. The van der Waals surface area contributed by atoms with E-state index >= 15 is 0 Å². The molecule has 19 heavy (non-hydrogen) atoms. The predicted molar refractivity (Wildman–Crippen MR) is 57.2 cm³/mol. The third-order valence-electron chi connectivity index (χ3n) is 1.73. The molecule has 0 unspecified atom stereocenters. The molecule has 9 nitrogen and oxygen atoms in total. The van der Waals surface area contributed by atoms with Gasteiger partial charge in [0.2, 0.25) is 0 Å². The van der Waals surface area contributed by atoms with E-state index < -0.39 is 23.9 Å². The number of carboxylic acids is 2. The van der Waals surface area contributed by atoms with Crippen molar-refractivity contribution in [1.82, 2.24) is 0 Å². The van der Waals surface area contributed by atoms with Gasteiger partial charge in [-0.1, -0.05) is 0 Å². The molecule has 0 radical (unpaired) electrons. The highest BCUT2D eigenvalue weighted by atomic mass is 16.6. The molecule has 0 bridgehead atoms. The maximum Gasteiger partial charge on any atom is 0.417 e. The van der Waals surface area contributed by atoms with E-state index in [9.17, 15) is 9.59 Å². The minimum absolute atomic E-state index is 0.185. The van der Waals surface area contributed by atoms with Gasteiger partial charge >= 0.3 is 23.9 Å². The molecule has 2 saturated heterocycles. The lowest BCUT2D eigenvalue weighted by Gasteiger charge is -2.09. The Kier molecular flexibility index (Phi) is 8.71. The normalized spacial score (nSPS) is 16.8. The SMILES string of the molecule is C1CCOC1.O=C(O)C(=O)O.O=C1OCCOC1=O. The topological polar surface area (TPSA) is 136 Å². The fraction of sp³-hybridized carbons (Fsp3) is 0.600. The van der Waals surface area contributed by atoms with Crippen LogP contribution < -0.4 is 0 Å². The molecule has 0 atom stereocenters. The summed E-state index contributed by atoms with van der Waals surface area (Å²) in [7, 11) is 0. The van der Waals surface area contributed by atoms with Crippen LogP contribution in [0, 0.1) is 0 Å². The Bertz CT molecular complexity index is 296. The van der Waals surface area contributed by atoms with Crippen molar-refractivity contribution in [2.45, 2.75) is 12.8 Å². The molecule has 108 valence electrons. The van der Waals surface area contributed by atoms with E-state index in [2.05, 4.69) is 9.47 Å². The maximum atomic E-state index is 10.1. The molecular weight excluding hydrogens is 264 g/mol. The number of cyclic esters (lactones) is 2. The fourth-order valence-corrected chi connectivity index (χ4v) is 0.897. The number of hydrogen-bond donors (Lipinski definition) is 2. The van der Waals surface area contributed by atoms with Crippen molar-refractivity contribution in [3.05, 3.63) is 0 Å². The highest BCUT2D eigenvalue weighted by molar-refractivity contribution is 6.30. The molecule has 2 aliphatic heterocycles. The molecule has 0 aliphatic carbocycles. The van der Waals surface area contributed by atoms with E-state index in [0.29, 0.717) is 0 Å². The summed E-state index contributed by atoms with van der Waals surface area (Å²) in [5.41, 5.74) is 0. The van der Waals surface area contributed by atoms with Crippen LogP contribution in [0.3, 0.4) is 0 Å². The lowest BCUT2D eigenvalue weighted by atomic mass is 10.4. The zero-order valence-electron chi connectivity index (χ0n) is 9.99. The summed E-state index contributed by atoms with van der Waals surface area (Å²) in [6.07, 6.45) is 2.56. The van der Waals surface area contributed by atoms with Gasteiger partial charge in [0.15, 0.2) is 0 Å². The molecule has 2 aliphatic rings. The largest absolute Gasteiger partial charge is 0.473 e. The van der Waals surface area contributed by atoms with Crippen LogP contribution in [-0.2, 0) is 33.4 Å². The lowest BCUT2D eigenvalue weighted by Crippen LogP contribution is -2.28. The van der Waals surface area contributed by atoms with Gasteiger partial charge in [0, 0.05) is 13.2 Å². The van der Waals surface area contributed by atoms with Gasteiger partial charge in [0.1, 0.15) is 13.2 Å². The van der Waals surface area contributed by atoms with Gasteiger partial charge in [-0.3, -0.25) is 0 Å². The van der Waals surface area contributed by atoms with Gasteiger partial charge in [0.05, 0.1) is 0 Å². The summed E-state index contributed by atoms with van der Waals surface area (Å²) < 4.78 is 13.5. The van der Waals surface area contributed by atoms with Crippen molar-refractivity contribution in [2.75, 3.05) is 26.4 Å². The Morgan fingerprint density at radius 1 is 0.789 bits per heavy atom. The number of aliphatic carboxylic acids is 2. The van der Waals surface area contributed by atoms with E-state index in [0.717, 1.165) is 13.2 Å². The van der Waals surface area contributed by atoms with Gasteiger partial charge in [-0.05, 0) is 12.8 Å². The Morgan fingerprint density at radius 3 is 1.32 bits per heavy atom. The first-order valence-corrected chi connectivity index (χ1v) is 5.33. The second-order valence-corrected chi connectivity index (χ2v) is 3.20. The number of carbonyl (C=O) groups excluding carboxylic acids is 2. The van der Waals surface area contributed by atoms with Gasteiger partial charge in [-0.2, -0.15) is 0 Å². The molecule has 9 heteroatoms. The summed E-state index contributed by atoms with van der Waals surface area (Å²) in [4.78, 5) is 38.4. The van der Waals surface area contributed by atoms with E-state index in [4.69, 9.17) is 24.5 Å². The fourth-order valence-electron chi connectivity index (χ4n) is 0.897. The Morgan fingerprint density at radius 2 is 1.16 bits per heavy atom. The second-order valence-electron chi connectivity index (χ2n) is 3.20. The number of carbonyl (C=O) groups is 4. The minimum atomic E-state index is -1.82. The molecule has 2 heterocycles. The molecule has 0 spiro atoms. The molecule has 2 fully saturated rings. The summed E-state index contributed by atoms with van der Waals surface area (Å²) in [6, 6.07) is 0. The molecule has 2 rings (SSSR count). The quantitative estimate of drug-likeness (QED) is 0.424. The predicted octanol–water partition coefficient (Wildman–Crippen LogP) is -0.961. The van der Waals surface area contributed by atoms with E-state index in [1.54, 1.807) is 0 Å². The van der Waals surface area contributed by atoms with Crippen molar-refractivity contribution in [3.8, 4) is 0 Å². The van der Waals surface area contributed by atoms with Crippen molar-refractivity contribution >= 4 is 23.9 Å². The average Bonchev–Trinajstić information content (AvgIpc) is 2.92. The molecule has 0 aromatic heterocycles. The summed E-state index contributed by atoms with van der Waals surface area (Å²) in [6.45, 7) is 2.37. The first kappa shape index (κ1) is 16.8. The third kappa shape index (κ3) is 9.53. The van der Waals surface area contributed by atoms with Crippen LogP contribution in [0.4, 0.5) is 0 Å². The average molecular weight is 278 g/mol. The number of rotatable bonds is 0. The van der Waals surface area contributed by atoms with E-state index in [1.807, 2.05) is 0 Å². The zero-order valence-corrected chi connectivity index (χ0v) is 9.99. The monoisotopic (exact) mass is 278 g/mol. The Labute approximate surface area is 108 Å². The number of esters is 2.